The van der Waals surface area contributed by atoms with Crippen LogP contribution in [0.15, 0.2) is 0 Å². The van der Waals surface area contributed by atoms with Gasteiger partial charge in [0.2, 0.25) is 0 Å². The second-order valence-corrected chi connectivity index (χ2v) is 6.57. The van der Waals surface area contributed by atoms with Gasteiger partial charge in [-0.1, -0.05) is 0 Å². The quantitative estimate of drug-likeness (QED) is 0.778. The minimum atomic E-state index is -0.717. The van der Waals surface area contributed by atoms with Crippen LogP contribution in [0.2, 0.25) is 0 Å². The van der Waals surface area contributed by atoms with Crippen molar-refractivity contribution in [1.82, 2.24) is 5.32 Å². The molecule has 1 aliphatic rings. The first-order chi connectivity index (χ1) is 6.89. The van der Waals surface area contributed by atoms with Gasteiger partial charge in [-0.05, 0) is 33.6 Å². The SMILES string of the molecule is CC(CS(C)=O)NCC1CCC(C)(C)O1. The molecule has 0 saturated carbocycles. The van der Waals surface area contributed by atoms with Crippen LogP contribution in [0.25, 0.3) is 0 Å². The second-order valence-electron chi connectivity index (χ2n) is 5.09. The molecule has 0 spiro atoms. The van der Waals surface area contributed by atoms with Gasteiger partial charge in [0, 0.05) is 35.4 Å². The minimum absolute atomic E-state index is 0.0448. The highest BCUT2D eigenvalue weighted by atomic mass is 32.2. The predicted molar refractivity (Wildman–Crippen MR) is 64.6 cm³/mol. The third-order valence-electron chi connectivity index (χ3n) is 2.73. The van der Waals surface area contributed by atoms with Crippen LogP contribution in [0.3, 0.4) is 0 Å². The Bertz CT molecular complexity index is 231. The van der Waals surface area contributed by atoms with E-state index in [-0.39, 0.29) is 5.60 Å². The van der Waals surface area contributed by atoms with Gasteiger partial charge in [-0.3, -0.25) is 4.21 Å². The normalized spacial score (nSPS) is 28.9. The van der Waals surface area contributed by atoms with Gasteiger partial charge in [0.25, 0.3) is 0 Å². The molecule has 0 aromatic rings. The molecule has 1 N–H and O–H groups in total. The van der Waals surface area contributed by atoms with Crippen LogP contribution < -0.4 is 5.32 Å². The molecule has 1 rings (SSSR count). The smallest absolute Gasteiger partial charge is 0.0707 e. The zero-order chi connectivity index (χ0) is 11.5. The van der Waals surface area contributed by atoms with E-state index in [1.165, 1.54) is 0 Å². The van der Waals surface area contributed by atoms with Crippen LogP contribution in [0, 0.1) is 0 Å². The maximum Gasteiger partial charge on any atom is 0.0707 e. The van der Waals surface area contributed by atoms with E-state index >= 15 is 0 Å². The van der Waals surface area contributed by atoms with E-state index in [2.05, 4.69) is 26.1 Å². The number of rotatable bonds is 5. The van der Waals surface area contributed by atoms with Crippen molar-refractivity contribution in [3.05, 3.63) is 0 Å². The van der Waals surface area contributed by atoms with Gasteiger partial charge < -0.3 is 10.1 Å². The number of hydrogen-bond acceptors (Lipinski definition) is 3. The number of nitrogens with one attached hydrogen (secondary N) is 1. The second kappa shape index (κ2) is 5.41. The fraction of sp³-hybridized carbons (Fsp3) is 1.00. The first-order valence-electron chi connectivity index (χ1n) is 5.60. The average Bonchev–Trinajstić information content (AvgIpc) is 2.41. The summed E-state index contributed by atoms with van der Waals surface area (Å²) in [6, 6.07) is 0.308. The molecule has 3 unspecified atom stereocenters. The molecule has 1 aliphatic heterocycles. The third kappa shape index (κ3) is 5.09. The number of hydrogen-bond donors (Lipinski definition) is 1. The topological polar surface area (TPSA) is 38.3 Å². The molecule has 0 amide bonds. The van der Waals surface area contributed by atoms with Crippen LogP contribution >= 0.6 is 0 Å². The molecule has 0 aromatic carbocycles. The van der Waals surface area contributed by atoms with Gasteiger partial charge in [0.1, 0.15) is 0 Å². The summed E-state index contributed by atoms with van der Waals surface area (Å²) in [6.07, 6.45) is 4.33. The Morgan fingerprint density at radius 3 is 2.73 bits per heavy atom. The fourth-order valence-electron chi connectivity index (χ4n) is 1.96. The largest absolute Gasteiger partial charge is 0.371 e. The van der Waals surface area contributed by atoms with E-state index in [4.69, 9.17) is 4.74 Å². The van der Waals surface area contributed by atoms with Crippen LogP contribution in [-0.2, 0) is 15.5 Å². The Morgan fingerprint density at radius 2 is 2.27 bits per heavy atom. The molecular weight excluding hydrogens is 210 g/mol. The van der Waals surface area contributed by atoms with Gasteiger partial charge in [0.05, 0.1) is 11.7 Å². The standard InChI is InChI=1S/C11H23NO2S/c1-9(8-15(4)13)12-7-10-5-6-11(2,3)14-10/h9-10,12H,5-8H2,1-4H3. The van der Waals surface area contributed by atoms with Crippen molar-refractivity contribution < 1.29 is 8.95 Å². The van der Waals surface area contributed by atoms with Gasteiger partial charge in [-0.2, -0.15) is 0 Å². The summed E-state index contributed by atoms with van der Waals surface area (Å²) >= 11 is 0. The van der Waals surface area contributed by atoms with Crippen molar-refractivity contribution in [2.24, 2.45) is 0 Å². The van der Waals surface area contributed by atoms with Crippen LogP contribution in [-0.4, -0.2) is 40.5 Å². The van der Waals surface area contributed by atoms with E-state index in [9.17, 15) is 4.21 Å². The summed E-state index contributed by atoms with van der Waals surface area (Å²) in [6.45, 7) is 7.22. The lowest BCUT2D eigenvalue weighted by molar-refractivity contribution is -0.0147. The molecule has 90 valence electrons. The first-order valence-corrected chi connectivity index (χ1v) is 7.33. The van der Waals surface area contributed by atoms with Crippen LogP contribution in [0.5, 0.6) is 0 Å². The van der Waals surface area contributed by atoms with Crippen LogP contribution in [0.4, 0.5) is 0 Å². The highest BCUT2D eigenvalue weighted by Crippen LogP contribution is 2.28. The molecule has 0 aromatic heterocycles. The van der Waals surface area contributed by atoms with Crippen molar-refractivity contribution in [2.75, 3.05) is 18.6 Å². The lowest BCUT2D eigenvalue weighted by Crippen LogP contribution is -2.37. The Labute approximate surface area is 95.4 Å². The molecule has 1 heterocycles. The lowest BCUT2D eigenvalue weighted by atomic mass is 10.1. The Hall–Kier alpha value is 0.0700. The molecule has 0 aliphatic carbocycles. The molecule has 1 saturated heterocycles. The van der Waals surface area contributed by atoms with Gasteiger partial charge >= 0.3 is 0 Å². The zero-order valence-electron chi connectivity index (χ0n) is 10.2. The molecule has 3 atom stereocenters. The fourth-order valence-corrected chi connectivity index (χ4v) is 2.79. The Morgan fingerprint density at radius 1 is 1.60 bits per heavy atom. The average molecular weight is 233 g/mol. The molecule has 0 bridgehead atoms. The molecule has 15 heavy (non-hydrogen) atoms. The third-order valence-corrected chi connectivity index (χ3v) is 3.70. The first kappa shape index (κ1) is 13.1. The monoisotopic (exact) mass is 233 g/mol. The molecule has 4 heteroatoms. The summed E-state index contributed by atoms with van der Waals surface area (Å²) in [5.41, 5.74) is 0.0448. The predicted octanol–water partition coefficient (Wildman–Crippen LogP) is 1.30. The van der Waals surface area contributed by atoms with Gasteiger partial charge in [-0.15, -0.1) is 0 Å². The van der Waals surface area contributed by atoms with E-state index in [0.29, 0.717) is 12.1 Å². The van der Waals surface area contributed by atoms with Crippen molar-refractivity contribution in [3.8, 4) is 0 Å². The van der Waals surface area contributed by atoms with E-state index in [1.807, 2.05) is 0 Å². The highest BCUT2D eigenvalue weighted by Gasteiger charge is 2.31. The highest BCUT2D eigenvalue weighted by molar-refractivity contribution is 7.84. The Balaban J connectivity index is 2.18. The van der Waals surface area contributed by atoms with E-state index < -0.39 is 10.8 Å². The summed E-state index contributed by atoms with van der Waals surface area (Å²) in [5, 5.41) is 3.38. The molecule has 3 nitrogen and oxygen atoms in total. The Kier molecular flexibility index (Phi) is 4.74. The maximum absolute atomic E-state index is 11.0. The lowest BCUT2D eigenvalue weighted by Gasteiger charge is -2.21. The van der Waals surface area contributed by atoms with E-state index in [1.54, 1.807) is 6.26 Å². The molecule has 1 fully saturated rings. The van der Waals surface area contributed by atoms with Gasteiger partial charge in [-0.25, -0.2) is 0 Å². The summed E-state index contributed by atoms with van der Waals surface area (Å²) in [4.78, 5) is 0. The van der Waals surface area contributed by atoms with Gasteiger partial charge in [0.15, 0.2) is 0 Å². The van der Waals surface area contributed by atoms with Crippen LogP contribution in [0.1, 0.15) is 33.6 Å². The van der Waals surface area contributed by atoms with E-state index in [0.717, 1.165) is 25.1 Å². The van der Waals surface area contributed by atoms with Crippen molar-refractivity contribution >= 4 is 10.8 Å². The van der Waals surface area contributed by atoms with Crippen molar-refractivity contribution in [3.63, 3.8) is 0 Å². The maximum atomic E-state index is 11.0. The molecular formula is C11H23NO2S. The summed E-state index contributed by atoms with van der Waals surface area (Å²) in [7, 11) is -0.717. The van der Waals surface area contributed by atoms with Crippen molar-refractivity contribution in [2.45, 2.75) is 51.4 Å². The number of ether oxygens (including phenoxy) is 1. The zero-order valence-corrected chi connectivity index (χ0v) is 11.0. The summed E-state index contributed by atoms with van der Waals surface area (Å²) < 4.78 is 16.9. The summed E-state index contributed by atoms with van der Waals surface area (Å²) in [5.74, 6) is 0.718. The molecule has 0 radical (unpaired) electrons. The minimum Gasteiger partial charge on any atom is -0.371 e. The van der Waals surface area contributed by atoms with Crippen molar-refractivity contribution in [1.29, 1.82) is 0 Å².